The highest BCUT2D eigenvalue weighted by Gasteiger charge is 2.15. The van der Waals surface area contributed by atoms with Gasteiger partial charge in [0.15, 0.2) is 5.69 Å². The Morgan fingerprint density at radius 3 is 2.70 bits per heavy atom. The Bertz CT molecular complexity index is 671. The standard InChI is InChI=1S/C13H8BrFN2O3/c14-8-4-7(5-9(15)6-8)12(18)17-10-2-1-3-16-11(10)13(19)20/h1-6H,(H,17,18)(H,19,20). The number of rotatable bonds is 3. The van der Waals surface area contributed by atoms with Gasteiger partial charge in [-0.2, -0.15) is 0 Å². The number of carboxylic acids is 1. The molecule has 1 aromatic heterocycles. The first-order valence-corrected chi connectivity index (χ1v) is 6.22. The number of hydrogen-bond donors (Lipinski definition) is 2. The average molecular weight is 339 g/mol. The summed E-state index contributed by atoms with van der Waals surface area (Å²) in [6, 6.07) is 6.59. The summed E-state index contributed by atoms with van der Waals surface area (Å²) >= 11 is 3.08. The molecule has 0 aliphatic rings. The zero-order valence-electron chi connectivity index (χ0n) is 9.93. The lowest BCUT2D eigenvalue weighted by Gasteiger charge is -2.08. The molecular formula is C13H8BrFN2O3. The summed E-state index contributed by atoms with van der Waals surface area (Å²) in [5, 5.41) is 11.3. The van der Waals surface area contributed by atoms with Gasteiger partial charge in [-0.1, -0.05) is 15.9 Å². The van der Waals surface area contributed by atoms with Crippen LogP contribution in [0.5, 0.6) is 0 Å². The maximum Gasteiger partial charge on any atom is 0.356 e. The van der Waals surface area contributed by atoms with Crippen molar-refractivity contribution in [2.24, 2.45) is 0 Å². The van der Waals surface area contributed by atoms with Crippen molar-refractivity contribution < 1.29 is 19.1 Å². The van der Waals surface area contributed by atoms with Gasteiger partial charge in [0.1, 0.15) is 5.82 Å². The molecule has 20 heavy (non-hydrogen) atoms. The lowest BCUT2D eigenvalue weighted by molar-refractivity contribution is 0.0691. The Morgan fingerprint density at radius 2 is 2.05 bits per heavy atom. The Kier molecular flexibility index (Phi) is 4.09. The van der Waals surface area contributed by atoms with Crippen molar-refractivity contribution in [1.82, 2.24) is 4.98 Å². The van der Waals surface area contributed by atoms with E-state index in [-0.39, 0.29) is 16.9 Å². The zero-order chi connectivity index (χ0) is 14.7. The van der Waals surface area contributed by atoms with Crippen molar-refractivity contribution >= 4 is 33.5 Å². The van der Waals surface area contributed by atoms with Crippen molar-refractivity contribution in [3.8, 4) is 0 Å². The Labute approximate surface area is 121 Å². The van der Waals surface area contributed by atoms with Crippen LogP contribution in [0.4, 0.5) is 10.1 Å². The van der Waals surface area contributed by atoms with E-state index in [1.54, 1.807) is 0 Å². The van der Waals surface area contributed by atoms with Crippen LogP contribution < -0.4 is 5.32 Å². The summed E-state index contributed by atoms with van der Waals surface area (Å²) in [5.41, 5.74) is -0.168. The molecule has 0 bridgehead atoms. The number of carboxylic acid groups (broad SMARTS) is 1. The number of amides is 1. The van der Waals surface area contributed by atoms with Gasteiger partial charge in [0.05, 0.1) is 5.69 Å². The predicted molar refractivity (Wildman–Crippen MR) is 73.2 cm³/mol. The third kappa shape index (κ3) is 3.18. The molecule has 102 valence electrons. The number of carbonyl (C=O) groups is 2. The van der Waals surface area contributed by atoms with Crippen LogP contribution in [0.25, 0.3) is 0 Å². The first-order chi connectivity index (χ1) is 9.47. The first kappa shape index (κ1) is 14.1. The smallest absolute Gasteiger partial charge is 0.356 e. The number of nitrogens with zero attached hydrogens (tertiary/aromatic N) is 1. The summed E-state index contributed by atoms with van der Waals surface area (Å²) < 4.78 is 13.6. The second kappa shape index (κ2) is 5.79. The van der Waals surface area contributed by atoms with E-state index in [1.165, 1.54) is 30.5 Å². The third-order valence-corrected chi connectivity index (χ3v) is 2.84. The van der Waals surface area contributed by atoms with Gasteiger partial charge in [0, 0.05) is 16.2 Å². The molecule has 7 heteroatoms. The van der Waals surface area contributed by atoms with Gasteiger partial charge in [0.2, 0.25) is 0 Å². The van der Waals surface area contributed by atoms with Crippen molar-refractivity contribution in [3.05, 3.63) is 58.1 Å². The number of pyridine rings is 1. The monoisotopic (exact) mass is 338 g/mol. The molecule has 0 fully saturated rings. The van der Waals surface area contributed by atoms with Crippen molar-refractivity contribution in [3.63, 3.8) is 0 Å². The van der Waals surface area contributed by atoms with Crippen LogP contribution in [-0.4, -0.2) is 22.0 Å². The minimum absolute atomic E-state index is 0.0467. The van der Waals surface area contributed by atoms with E-state index in [1.807, 2.05) is 0 Å². The number of carbonyl (C=O) groups excluding carboxylic acids is 1. The minimum Gasteiger partial charge on any atom is -0.476 e. The number of aromatic nitrogens is 1. The molecule has 0 saturated carbocycles. The average Bonchev–Trinajstić information content (AvgIpc) is 2.37. The summed E-state index contributed by atoms with van der Waals surface area (Å²) in [6.07, 6.45) is 1.30. The molecule has 1 aromatic carbocycles. The van der Waals surface area contributed by atoms with E-state index in [2.05, 4.69) is 26.2 Å². The molecule has 2 aromatic rings. The van der Waals surface area contributed by atoms with Crippen LogP contribution in [-0.2, 0) is 0 Å². The van der Waals surface area contributed by atoms with E-state index in [4.69, 9.17) is 5.11 Å². The normalized spacial score (nSPS) is 10.1. The zero-order valence-corrected chi connectivity index (χ0v) is 11.5. The van der Waals surface area contributed by atoms with Crippen LogP contribution >= 0.6 is 15.9 Å². The molecule has 0 spiro atoms. The summed E-state index contributed by atoms with van der Waals surface area (Å²) in [4.78, 5) is 26.6. The quantitative estimate of drug-likeness (QED) is 0.901. The Balaban J connectivity index is 2.30. The van der Waals surface area contributed by atoms with Crippen molar-refractivity contribution in [2.45, 2.75) is 0 Å². The molecule has 0 atom stereocenters. The molecule has 0 aliphatic carbocycles. The summed E-state index contributed by atoms with van der Waals surface area (Å²) in [7, 11) is 0. The second-order valence-corrected chi connectivity index (χ2v) is 4.73. The van der Waals surface area contributed by atoms with Crippen molar-refractivity contribution in [2.75, 3.05) is 5.32 Å². The number of nitrogens with one attached hydrogen (secondary N) is 1. The van der Waals surface area contributed by atoms with Crippen LogP contribution in [0.2, 0.25) is 0 Å². The molecular weight excluding hydrogens is 331 g/mol. The van der Waals surface area contributed by atoms with Gasteiger partial charge in [-0.25, -0.2) is 14.2 Å². The fourth-order valence-electron chi connectivity index (χ4n) is 1.56. The second-order valence-electron chi connectivity index (χ2n) is 3.82. The fraction of sp³-hybridized carbons (Fsp3) is 0. The number of aromatic carboxylic acids is 1. The van der Waals surface area contributed by atoms with E-state index >= 15 is 0 Å². The Hall–Kier alpha value is -2.28. The topological polar surface area (TPSA) is 79.3 Å². The molecule has 2 N–H and O–H groups in total. The third-order valence-electron chi connectivity index (χ3n) is 2.38. The molecule has 5 nitrogen and oxygen atoms in total. The minimum atomic E-state index is -1.26. The SMILES string of the molecule is O=C(Nc1cccnc1C(=O)O)c1cc(F)cc(Br)c1. The maximum absolute atomic E-state index is 13.2. The van der Waals surface area contributed by atoms with Gasteiger partial charge in [-0.3, -0.25) is 4.79 Å². The highest BCUT2D eigenvalue weighted by molar-refractivity contribution is 9.10. The molecule has 1 amide bonds. The van der Waals surface area contributed by atoms with Crippen LogP contribution in [0, 0.1) is 5.82 Å². The number of benzene rings is 1. The van der Waals surface area contributed by atoms with Gasteiger partial charge in [-0.05, 0) is 30.3 Å². The number of hydrogen-bond acceptors (Lipinski definition) is 3. The number of anilines is 1. The lowest BCUT2D eigenvalue weighted by atomic mass is 10.2. The van der Waals surface area contributed by atoms with Crippen LogP contribution in [0.3, 0.4) is 0 Å². The van der Waals surface area contributed by atoms with Crippen LogP contribution in [0.15, 0.2) is 41.0 Å². The molecule has 2 rings (SSSR count). The van der Waals surface area contributed by atoms with Gasteiger partial charge >= 0.3 is 5.97 Å². The molecule has 0 radical (unpaired) electrons. The summed E-state index contributed by atoms with van der Waals surface area (Å²) in [5.74, 6) is -2.46. The lowest BCUT2D eigenvalue weighted by Crippen LogP contribution is -2.15. The fourth-order valence-corrected chi connectivity index (χ4v) is 2.02. The summed E-state index contributed by atoms with van der Waals surface area (Å²) in [6.45, 7) is 0. The van der Waals surface area contributed by atoms with Crippen molar-refractivity contribution in [1.29, 1.82) is 0 Å². The molecule has 1 heterocycles. The molecule has 0 unspecified atom stereocenters. The van der Waals surface area contributed by atoms with E-state index in [9.17, 15) is 14.0 Å². The van der Waals surface area contributed by atoms with E-state index in [0.29, 0.717) is 4.47 Å². The van der Waals surface area contributed by atoms with E-state index in [0.717, 1.165) is 6.07 Å². The van der Waals surface area contributed by atoms with Gasteiger partial charge < -0.3 is 10.4 Å². The molecule has 0 saturated heterocycles. The Morgan fingerprint density at radius 1 is 1.30 bits per heavy atom. The first-order valence-electron chi connectivity index (χ1n) is 5.43. The van der Waals surface area contributed by atoms with Gasteiger partial charge in [-0.15, -0.1) is 0 Å². The molecule has 0 aliphatic heterocycles. The van der Waals surface area contributed by atoms with Crippen LogP contribution in [0.1, 0.15) is 20.8 Å². The van der Waals surface area contributed by atoms with Gasteiger partial charge in [0.25, 0.3) is 5.91 Å². The predicted octanol–water partition coefficient (Wildman–Crippen LogP) is 2.93. The largest absolute Gasteiger partial charge is 0.476 e. The highest BCUT2D eigenvalue weighted by Crippen LogP contribution is 2.18. The van der Waals surface area contributed by atoms with E-state index < -0.39 is 17.7 Å². The highest BCUT2D eigenvalue weighted by atomic mass is 79.9. The number of halogens is 2. The maximum atomic E-state index is 13.2.